The summed E-state index contributed by atoms with van der Waals surface area (Å²) < 4.78 is 0. The van der Waals surface area contributed by atoms with E-state index in [4.69, 9.17) is 0 Å². The quantitative estimate of drug-likeness (QED) is 0.560. The molecule has 2 aromatic carbocycles. The second-order valence-corrected chi connectivity index (χ2v) is 6.04. The first kappa shape index (κ1) is 15.0. The fraction of sp³-hybridized carbons (Fsp3) is 0.350. The fourth-order valence-electron chi connectivity index (χ4n) is 3.18. The Kier molecular flexibility index (Phi) is 4.69. The summed E-state index contributed by atoms with van der Waals surface area (Å²) in [5, 5.41) is 0. The van der Waals surface area contributed by atoms with Gasteiger partial charge in [-0.25, -0.2) is 0 Å². The highest BCUT2D eigenvalue weighted by Crippen LogP contribution is 2.36. The van der Waals surface area contributed by atoms with Gasteiger partial charge < -0.3 is 0 Å². The summed E-state index contributed by atoms with van der Waals surface area (Å²) in [4.78, 5) is 15.1. The first-order valence-electron chi connectivity index (χ1n) is 8.20. The molecule has 0 spiro atoms. The molecule has 1 fully saturated rings. The molecule has 0 bridgehead atoms. The van der Waals surface area contributed by atoms with Gasteiger partial charge in [0, 0.05) is 18.2 Å². The Morgan fingerprint density at radius 1 is 1.00 bits per heavy atom. The Bertz CT molecular complexity index is 608. The van der Waals surface area contributed by atoms with Gasteiger partial charge in [-0.15, -0.1) is 0 Å². The molecule has 0 N–H and O–H groups in total. The van der Waals surface area contributed by atoms with Gasteiger partial charge in [-0.2, -0.15) is 0 Å². The highest BCUT2D eigenvalue weighted by Gasteiger charge is 2.51. The third-order valence-corrected chi connectivity index (χ3v) is 4.45. The number of hydrogen-bond acceptors (Lipinski definition) is 2. The van der Waals surface area contributed by atoms with E-state index in [9.17, 15) is 4.79 Å². The number of Topliss-reactive ketones (excluding diaryl/α,β-unsaturated/α-hetero) is 1. The molecule has 0 saturated carbocycles. The third-order valence-electron chi connectivity index (χ3n) is 4.45. The van der Waals surface area contributed by atoms with Gasteiger partial charge in [0.15, 0.2) is 5.78 Å². The van der Waals surface area contributed by atoms with Crippen molar-refractivity contribution in [1.29, 1.82) is 0 Å². The van der Waals surface area contributed by atoms with Crippen LogP contribution in [0.15, 0.2) is 60.7 Å². The van der Waals surface area contributed by atoms with E-state index in [1.165, 1.54) is 18.4 Å². The number of carbonyl (C=O) groups excluding carboxylic acids is 1. The van der Waals surface area contributed by atoms with Crippen LogP contribution < -0.4 is 0 Å². The Labute approximate surface area is 132 Å². The predicted octanol–water partition coefficient (Wildman–Crippen LogP) is 4.31. The molecule has 1 heterocycles. The zero-order valence-corrected chi connectivity index (χ0v) is 13.1. The third kappa shape index (κ3) is 3.28. The number of hydrogen-bond donors (Lipinski definition) is 0. The zero-order valence-electron chi connectivity index (χ0n) is 13.1. The highest BCUT2D eigenvalue weighted by molar-refractivity contribution is 6.02. The first-order chi connectivity index (χ1) is 10.8. The number of benzene rings is 2. The van der Waals surface area contributed by atoms with Crippen LogP contribution in [0, 0.1) is 0 Å². The van der Waals surface area contributed by atoms with Gasteiger partial charge in [0.25, 0.3) is 0 Å². The summed E-state index contributed by atoms with van der Waals surface area (Å²) in [6.07, 6.45) is 3.49. The second-order valence-electron chi connectivity index (χ2n) is 6.04. The Balaban J connectivity index is 1.72. The molecule has 1 saturated heterocycles. The molecule has 1 unspecified atom stereocenters. The maximum absolute atomic E-state index is 12.7. The molecule has 2 heteroatoms. The minimum absolute atomic E-state index is 0.0640. The minimum Gasteiger partial charge on any atom is -0.292 e. The molecule has 2 nitrogen and oxygen atoms in total. The largest absolute Gasteiger partial charge is 0.292 e. The normalized spacial score (nSPS) is 23.2. The lowest BCUT2D eigenvalue weighted by Crippen LogP contribution is -2.13. The lowest BCUT2D eigenvalue weighted by atomic mass is 10.0. The first-order valence-corrected chi connectivity index (χ1v) is 8.20. The molecule has 0 aromatic heterocycles. The summed E-state index contributed by atoms with van der Waals surface area (Å²) >= 11 is 0. The number of nitrogens with zero attached hydrogens (tertiary/aromatic N) is 1. The lowest BCUT2D eigenvalue weighted by Gasteiger charge is -2.04. The molecule has 114 valence electrons. The molecule has 2 aromatic rings. The summed E-state index contributed by atoms with van der Waals surface area (Å²) in [6, 6.07) is 20.6. The molecule has 1 aliphatic rings. The van der Waals surface area contributed by atoms with Crippen molar-refractivity contribution < 1.29 is 4.79 Å². The summed E-state index contributed by atoms with van der Waals surface area (Å²) in [5.41, 5.74) is 2.12. The lowest BCUT2D eigenvalue weighted by molar-refractivity contribution is 0.0973. The van der Waals surface area contributed by atoms with E-state index in [1.54, 1.807) is 0 Å². The van der Waals surface area contributed by atoms with E-state index in [-0.39, 0.29) is 11.8 Å². The van der Waals surface area contributed by atoms with Gasteiger partial charge in [-0.3, -0.25) is 9.69 Å². The van der Waals surface area contributed by atoms with Crippen LogP contribution in [-0.2, 0) is 6.54 Å². The van der Waals surface area contributed by atoms with Gasteiger partial charge in [0.1, 0.15) is 0 Å². The van der Waals surface area contributed by atoms with E-state index in [2.05, 4.69) is 36.1 Å². The molecule has 0 aliphatic carbocycles. The maximum Gasteiger partial charge on any atom is 0.181 e. The van der Waals surface area contributed by atoms with Gasteiger partial charge in [-0.05, 0) is 12.0 Å². The van der Waals surface area contributed by atoms with Crippen LogP contribution in [0.2, 0.25) is 0 Å². The van der Waals surface area contributed by atoms with Crippen LogP contribution in [-0.4, -0.2) is 22.8 Å². The summed E-state index contributed by atoms with van der Waals surface area (Å²) in [5.74, 6) is 0.276. The Hall–Kier alpha value is -1.93. The van der Waals surface area contributed by atoms with Crippen LogP contribution in [0.1, 0.15) is 42.1 Å². The van der Waals surface area contributed by atoms with Gasteiger partial charge in [0.05, 0.1) is 6.04 Å². The molecule has 3 rings (SSSR count). The van der Waals surface area contributed by atoms with Gasteiger partial charge in [0.2, 0.25) is 0 Å². The van der Waals surface area contributed by atoms with Crippen molar-refractivity contribution >= 4 is 5.78 Å². The van der Waals surface area contributed by atoms with Crippen LogP contribution in [0.5, 0.6) is 0 Å². The molecular formula is C20H23NO. The van der Waals surface area contributed by atoms with Crippen molar-refractivity contribution in [2.45, 2.75) is 44.8 Å². The van der Waals surface area contributed by atoms with Crippen molar-refractivity contribution in [3.63, 3.8) is 0 Å². The number of unbranched alkanes of at least 4 members (excludes halogenated alkanes) is 1. The standard InChI is InChI=1S/C20H23NO/c1-2-3-14-18-19(20(22)17-12-8-5-9-13-17)21(18)15-16-10-6-4-7-11-16/h4-13,18-19H,2-3,14-15H2,1H3/t18-,19+,21?/m0/s1. The fourth-order valence-corrected chi connectivity index (χ4v) is 3.18. The summed E-state index contributed by atoms with van der Waals surface area (Å²) in [6.45, 7) is 3.08. The van der Waals surface area contributed by atoms with Crippen molar-refractivity contribution in [1.82, 2.24) is 4.90 Å². The number of rotatable bonds is 7. The van der Waals surface area contributed by atoms with Crippen molar-refractivity contribution in [3.8, 4) is 0 Å². The molecular weight excluding hydrogens is 270 g/mol. The van der Waals surface area contributed by atoms with E-state index in [1.807, 2.05) is 36.4 Å². The van der Waals surface area contributed by atoms with Crippen molar-refractivity contribution in [3.05, 3.63) is 71.8 Å². The van der Waals surface area contributed by atoms with Gasteiger partial charge >= 0.3 is 0 Å². The Morgan fingerprint density at radius 3 is 2.27 bits per heavy atom. The molecule has 0 amide bonds. The zero-order chi connectivity index (χ0) is 15.4. The van der Waals surface area contributed by atoms with Crippen molar-refractivity contribution in [2.24, 2.45) is 0 Å². The Morgan fingerprint density at radius 2 is 1.64 bits per heavy atom. The average molecular weight is 293 g/mol. The van der Waals surface area contributed by atoms with Gasteiger partial charge in [-0.1, -0.05) is 80.4 Å². The van der Waals surface area contributed by atoms with E-state index in [0.717, 1.165) is 18.5 Å². The maximum atomic E-state index is 12.7. The molecule has 3 atom stereocenters. The highest BCUT2D eigenvalue weighted by atomic mass is 16.1. The van der Waals surface area contributed by atoms with E-state index < -0.39 is 0 Å². The van der Waals surface area contributed by atoms with E-state index in [0.29, 0.717) is 6.04 Å². The SMILES string of the molecule is CCCC[C@H]1[C@H](C(=O)c2ccccc2)N1Cc1ccccc1. The summed E-state index contributed by atoms with van der Waals surface area (Å²) in [7, 11) is 0. The monoisotopic (exact) mass is 293 g/mol. The predicted molar refractivity (Wildman–Crippen MR) is 89.9 cm³/mol. The van der Waals surface area contributed by atoms with Crippen LogP contribution in [0.25, 0.3) is 0 Å². The average Bonchev–Trinajstić information content (AvgIpc) is 3.26. The van der Waals surface area contributed by atoms with Crippen molar-refractivity contribution in [2.75, 3.05) is 0 Å². The van der Waals surface area contributed by atoms with Crippen LogP contribution >= 0.6 is 0 Å². The van der Waals surface area contributed by atoms with E-state index >= 15 is 0 Å². The molecule has 1 aliphatic heterocycles. The molecule has 0 radical (unpaired) electrons. The number of ketones is 1. The smallest absolute Gasteiger partial charge is 0.181 e. The topological polar surface area (TPSA) is 20.1 Å². The second kappa shape index (κ2) is 6.89. The van der Waals surface area contributed by atoms with Crippen LogP contribution in [0.4, 0.5) is 0 Å². The van der Waals surface area contributed by atoms with Crippen LogP contribution in [0.3, 0.4) is 0 Å². The minimum atomic E-state index is 0.0640. The molecule has 22 heavy (non-hydrogen) atoms. The number of carbonyl (C=O) groups is 1.